The molecule has 2 aromatic heterocycles. The van der Waals surface area contributed by atoms with Crippen LogP contribution in [0.25, 0.3) is 11.4 Å². The van der Waals surface area contributed by atoms with Crippen LogP contribution in [0.3, 0.4) is 0 Å². The van der Waals surface area contributed by atoms with Crippen molar-refractivity contribution in [3.8, 4) is 11.4 Å². The van der Waals surface area contributed by atoms with Crippen LogP contribution in [0.1, 0.15) is 0 Å². The summed E-state index contributed by atoms with van der Waals surface area (Å²) < 4.78 is 24.3. The molecule has 0 aliphatic rings. The Morgan fingerprint density at radius 2 is 2.28 bits per heavy atom. The van der Waals surface area contributed by atoms with Gasteiger partial charge in [-0.05, 0) is 21.9 Å². The largest absolute Gasteiger partial charge is 0.480 e. The van der Waals surface area contributed by atoms with Crippen LogP contribution < -0.4 is 0 Å². The molecule has 0 saturated heterocycles. The molecule has 10 heteroatoms. The van der Waals surface area contributed by atoms with E-state index >= 15 is 0 Å². The zero-order valence-electron chi connectivity index (χ0n) is 9.14. The molecule has 0 unspecified atom stereocenters. The Hall–Kier alpha value is -1.81. The van der Waals surface area contributed by atoms with Crippen molar-refractivity contribution in [1.82, 2.24) is 20.2 Å². The second kappa shape index (κ2) is 4.46. The minimum absolute atomic E-state index is 0.115. The highest BCUT2D eigenvalue weighted by Gasteiger charge is 2.21. The van der Waals surface area contributed by atoms with Gasteiger partial charge in [0.1, 0.15) is 10.8 Å². The lowest BCUT2D eigenvalue weighted by molar-refractivity contribution is -0.137. The third-order valence-corrected chi connectivity index (χ3v) is 4.82. The van der Waals surface area contributed by atoms with Gasteiger partial charge in [-0.2, -0.15) is 0 Å². The van der Waals surface area contributed by atoms with Gasteiger partial charge in [-0.1, -0.05) is 0 Å². The second-order valence-corrected chi connectivity index (χ2v) is 6.57. The van der Waals surface area contributed by atoms with Crippen molar-refractivity contribution in [2.24, 2.45) is 0 Å². The SMILES string of the molecule is CS(=O)(=O)c1sccc1-c1nnnn1CC(=O)O. The van der Waals surface area contributed by atoms with Gasteiger partial charge in [-0.25, -0.2) is 13.1 Å². The first-order valence-corrected chi connectivity index (χ1v) is 7.42. The fourth-order valence-corrected chi connectivity index (χ4v) is 3.42. The molecular formula is C8H8N4O4S2. The van der Waals surface area contributed by atoms with Gasteiger partial charge < -0.3 is 5.11 Å². The molecule has 2 heterocycles. The molecule has 0 aromatic carbocycles. The van der Waals surface area contributed by atoms with Crippen molar-refractivity contribution in [3.05, 3.63) is 11.4 Å². The van der Waals surface area contributed by atoms with Crippen LogP contribution in [-0.4, -0.2) is 46.0 Å². The van der Waals surface area contributed by atoms with Gasteiger partial charge in [0.2, 0.25) is 0 Å². The molecular weight excluding hydrogens is 280 g/mol. The summed E-state index contributed by atoms with van der Waals surface area (Å²) in [6, 6.07) is 1.55. The summed E-state index contributed by atoms with van der Waals surface area (Å²) in [5, 5.41) is 20.8. The Morgan fingerprint density at radius 3 is 2.89 bits per heavy atom. The Bertz CT molecular complexity index is 688. The van der Waals surface area contributed by atoms with Crippen molar-refractivity contribution in [1.29, 1.82) is 0 Å². The summed E-state index contributed by atoms with van der Waals surface area (Å²) in [7, 11) is -3.40. The minimum Gasteiger partial charge on any atom is -0.480 e. The normalized spacial score (nSPS) is 11.6. The minimum atomic E-state index is -3.40. The highest BCUT2D eigenvalue weighted by Crippen LogP contribution is 2.30. The Balaban J connectivity index is 2.54. The van der Waals surface area contributed by atoms with E-state index in [9.17, 15) is 13.2 Å². The molecule has 0 atom stereocenters. The average Bonchev–Trinajstić information content (AvgIpc) is 2.81. The Morgan fingerprint density at radius 1 is 1.56 bits per heavy atom. The number of tetrazole rings is 1. The van der Waals surface area contributed by atoms with Crippen molar-refractivity contribution < 1.29 is 18.3 Å². The molecule has 8 nitrogen and oxygen atoms in total. The number of carboxylic acids is 1. The van der Waals surface area contributed by atoms with E-state index in [-0.39, 0.29) is 10.0 Å². The molecule has 0 bridgehead atoms. The standard InChI is InChI=1S/C8H8N4O4S2/c1-18(15,16)8-5(2-3-17-8)7-9-10-11-12(7)4-6(13)14/h2-3H,4H2,1H3,(H,13,14). The van der Waals surface area contributed by atoms with Crippen molar-refractivity contribution >= 4 is 27.1 Å². The van der Waals surface area contributed by atoms with E-state index in [1.54, 1.807) is 11.4 Å². The first-order valence-electron chi connectivity index (χ1n) is 4.65. The molecule has 0 fully saturated rings. The maximum Gasteiger partial charge on any atom is 0.325 e. The third-order valence-electron chi connectivity index (χ3n) is 2.02. The zero-order valence-corrected chi connectivity index (χ0v) is 10.8. The van der Waals surface area contributed by atoms with Crippen molar-refractivity contribution in [3.63, 3.8) is 0 Å². The first-order chi connectivity index (χ1) is 8.39. The molecule has 0 radical (unpaired) electrons. The molecule has 96 valence electrons. The lowest BCUT2D eigenvalue weighted by atomic mass is 10.3. The van der Waals surface area contributed by atoms with Crippen LogP contribution in [0.2, 0.25) is 0 Å². The summed E-state index contributed by atoms with van der Waals surface area (Å²) in [5.74, 6) is -0.987. The number of rotatable bonds is 4. The van der Waals surface area contributed by atoms with Crippen LogP contribution in [0.15, 0.2) is 15.7 Å². The van der Waals surface area contributed by atoms with E-state index in [4.69, 9.17) is 5.11 Å². The number of sulfone groups is 1. The van der Waals surface area contributed by atoms with E-state index in [1.807, 2.05) is 0 Å². The Kier molecular flexibility index (Phi) is 3.13. The topological polar surface area (TPSA) is 115 Å². The summed E-state index contributed by atoms with van der Waals surface area (Å²) in [5.41, 5.74) is 0.314. The van der Waals surface area contributed by atoms with Crippen LogP contribution >= 0.6 is 11.3 Å². The van der Waals surface area contributed by atoms with Gasteiger partial charge in [0.05, 0.1) is 5.56 Å². The highest BCUT2D eigenvalue weighted by molar-refractivity contribution is 7.92. The Labute approximate surface area is 106 Å². The van der Waals surface area contributed by atoms with Gasteiger partial charge in [-0.3, -0.25) is 4.79 Å². The molecule has 0 saturated carbocycles. The summed E-state index contributed by atoms with van der Waals surface area (Å²) in [4.78, 5) is 10.6. The number of carbonyl (C=O) groups is 1. The summed E-state index contributed by atoms with van der Waals surface area (Å²) in [6.45, 7) is -0.429. The van der Waals surface area contributed by atoms with Gasteiger partial charge >= 0.3 is 5.97 Å². The molecule has 0 aliphatic heterocycles. The smallest absolute Gasteiger partial charge is 0.325 e. The number of nitrogens with zero attached hydrogens (tertiary/aromatic N) is 4. The van der Waals surface area contributed by atoms with Gasteiger partial charge in [0.15, 0.2) is 15.7 Å². The number of thiophene rings is 1. The van der Waals surface area contributed by atoms with Gasteiger partial charge in [0, 0.05) is 6.26 Å². The molecule has 2 aromatic rings. The maximum atomic E-state index is 11.6. The summed E-state index contributed by atoms with van der Waals surface area (Å²) in [6.07, 6.45) is 1.08. The fourth-order valence-electron chi connectivity index (χ4n) is 1.38. The second-order valence-electron chi connectivity index (χ2n) is 3.45. The van der Waals surface area contributed by atoms with E-state index in [0.29, 0.717) is 5.56 Å². The van der Waals surface area contributed by atoms with Gasteiger partial charge in [0.25, 0.3) is 0 Å². The molecule has 0 spiro atoms. The lowest BCUT2D eigenvalue weighted by Gasteiger charge is -2.01. The fraction of sp³-hybridized carbons (Fsp3) is 0.250. The highest BCUT2D eigenvalue weighted by atomic mass is 32.2. The number of hydrogen-bond acceptors (Lipinski definition) is 7. The molecule has 0 amide bonds. The first kappa shape index (κ1) is 12.6. The predicted molar refractivity (Wildman–Crippen MR) is 61.9 cm³/mol. The van der Waals surface area contributed by atoms with Crippen LogP contribution in [0.5, 0.6) is 0 Å². The van der Waals surface area contributed by atoms with Crippen LogP contribution in [-0.2, 0) is 21.2 Å². The molecule has 18 heavy (non-hydrogen) atoms. The van der Waals surface area contributed by atoms with Crippen LogP contribution in [0, 0.1) is 0 Å². The average molecular weight is 288 g/mol. The number of aliphatic carboxylic acids is 1. The van der Waals surface area contributed by atoms with E-state index in [0.717, 1.165) is 22.3 Å². The number of hydrogen-bond donors (Lipinski definition) is 1. The van der Waals surface area contributed by atoms with Crippen molar-refractivity contribution in [2.45, 2.75) is 10.8 Å². The molecule has 0 aliphatic carbocycles. The third kappa shape index (κ3) is 2.38. The quantitative estimate of drug-likeness (QED) is 0.834. The van der Waals surface area contributed by atoms with Crippen molar-refractivity contribution in [2.75, 3.05) is 6.26 Å². The van der Waals surface area contributed by atoms with E-state index < -0.39 is 22.4 Å². The summed E-state index contributed by atoms with van der Waals surface area (Å²) >= 11 is 1.04. The van der Waals surface area contributed by atoms with E-state index in [1.165, 1.54) is 0 Å². The molecule has 1 N–H and O–H groups in total. The van der Waals surface area contributed by atoms with Gasteiger partial charge in [-0.15, -0.1) is 16.4 Å². The molecule has 2 rings (SSSR count). The zero-order chi connectivity index (χ0) is 13.3. The van der Waals surface area contributed by atoms with E-state index in [2.05, 4.69) is 15.5 Å². The lowest BCUT2D eigenvalue weighted by Crippen LogP contribution is -2.12. The monoisotopic (exact) mass is 288 g/mol. The predicted octanol–water partition coefficient (Wildman–Crippen LogP) is -0.110. The number of aromatic nitrogens is 4. The number of carboxylic acid groups (broad SMARTS) is 1. The van der Waals surface area contributed by atoms with Crippen LogP contribution in [0.4, 0.5) is 0 Å². The maximum absolute atomic E-state index is 11.6.